The first kappa shape index (κ1) is 13.1. The van der Waals surface area contributed by atoms with Crippen molar-refractivity contribution in [1.82, 2.24) is 9.55 Å². The predicted octanol–water partition coefficient (Wildman–Crippen LogP) is 1.78. The molecule has 1 unspecified atom stereocenters. The van der Waals surface area contributed by atoms with Crippen molar-refractivity contribution >= 4 is 11.8 Å². The molecular weight excluding hydrogens is 226 g/mol. The lowest BCUT2D eigenvalue weighted by Crippen LogP contribution is -2.39. The minimum Gasteiger partial charge on any atom is -0.478 e. The van der Waals surface area contributed by atoms with E-state index in [0.717, 1.165) is 17.2 Å². The summed E-state index contributed by atoms with van der Waals surface area (Å²) >= 11 is 0. The van der Waals surface area contributed by atoms with Crippen LogP contribution in [-0.2, 0) is 10.3 Å². The minimum absolute atomic E-state index is 0.300. The Morgan fingerprint density at radius 1 is 1.71 bits per heavy atom. The van der Waals surface area contributed by atoms with E-state index in [1.165, 1.54) is 13.3 Å². The van der Waals surface area contributed by atoms with Crippen molar-refractivity contribution in [1.29, 1.82) is 0 Å². The Labute approximate surface area is 98.2 Å². The quantitative estimate of drug-likeness (QED) is 0.604. The highest BCUT2D eigenvalue weighted by molar-refractivity contribution is 5.76. The van der Waals surface area contributed by atoms with Crippen molar-refractivity contribution in [2.45, 2.75) is 38.6 Å². The molecule has 1 heterocycles. The number of rotatable bonds is 6. The highest BCUT2D eigenvalue weighted by Crippen LogP contribution is 2.28. The van der Waals surface area contributed by atoms with Gasteiger partial charge in [0.2, 0.25) is 5.54 Å². The van der Waals surface area contributed by atoms with E-state index in [9.17, 15) is 20.0 Å². The van der Waals surface area contributed by atoms with Crippen molar-refractivity contribution < 1.29 is 14.8 Å². The maximum Gasteiger partial charge on any atom is 0.352 e. The molecule has 0 saturated carbocycles. The van der Waals surface area contributed by atoms with E-state index in [1.807, 2.05) is 6.92 Å². The zero-order valence-electron chi connectivity index (χ0n) is 9.79. The SMILES string of the molecule is CCCCC(C)(C(=O)O)n1cncc1[N+](=O)[O-]. The first-order valence-electron chi connectivity index (χ1n) is 5.34. The van der Waals surface area contributed by atoms with Crippen LogP contribution < -0.4 is 0 Å². The number of imidazole rings is 1. The van der Waals surface area contributed by atoms with Crippen LogP contribution in [0.4, 0.5) is 5.82 Å². The summed E-state index contributed by atoms with van der Waals surface area (Å²) in [7, 11) is 0. The van der Waals surface area contributed by atoms with Gasteiger partial charge in [-0.2, -0.15) is 4.57 Å². The van der Waals surface area contributed by atoms with Crippen LogP contribution in [0.15, 0.2) is 12.5 Å². The molecule has 0 fully saturated rings. The fourth-order valence-corrected chi connectivity index (χ4v) is 1.65. The van der Waals surface area contributed by atoms with Gasteiger partial charge < -0.3 is 15.2 Å². The number of unbranched alkanes of at least 4 members (excludes halogenated alkanes) is 1. The van der Waals surface area contributed by atoms with Crippen molar-refractivity contribution in [3.63, 3.8) is 0 Å². The summed E-state index contributed by atoms with van der Waals surface area (Å²) < 4.78 is 1.12. The van der Waals surface area contributed by atoms with Gasteiger partial charge in [-0.3, -0.25) is 0 Å². The summed E-state index contributed by atoms with van der Waals surface area (Å²) in [6, 6.07) is 0. The molecule has 1 rings (SSSR count). The zero-order chi connectivity index (χ0) is 13.1. The number of aromatic nitrogens is 2. The summed E-state index contributed by atoms with van der Waals surface area (Å²) in [5, 5.41) is 20.0. The van der Waals surface area contributed by atoms with Gasteiger partial charge in [0.1, 0.15) is 6.20 Å². The smallest absolute Gasteiger partial charge is 0.352 e. The monoisotopic (exact) mass is 241 g/mol. The lowest BCUT2D eigenvalue weighted by molar-refractivity contribution is -0.393. The molecular formula is C10H15N3O4. The van der Waals surface area contributed by atoms with Crippen LogP contribution in [0.25, 0.3) is 0 Å². The largest absolute Gasteiger partial charge is 0.478 e. The average molecular weight is 241 g/mol. The Morgan fingerprint density at radius 2 is 2.35 bits per heavy atom. The van der Waals surface area contributed by atoms with Gasteiger partial charge in [0.15, 0.2) is 6.33 Å². The maximum absolute atomic E-state index is 11.3. The van der Waals surface area contributed by atoms with E-state index in [0.29, 0.717) is 12.8 Å². The van der Waals surface area contributed by atoms with Gasteiger partial charge in [-0.15, -0.1) is 0 Å². The van der Waals surface area contributed by atoms with Gasteiger partial charge in [-0.1, -0.05) is 13.3 Å². The normalized spacial score (nSPS) is 14.2. The molecule has 17 heavy (non-hydrogen) atoms. The van der Waals surface area contributed by atoms with Crippen LogP contribution in [0.1, 0.15) is 33.1 Å². The number of carboxylic acid groups (broad SMARTS) is 1. The lowest BCUT2D eigenvalue weighted by atomic mass is 9.94. The third-order valence-corrected chi connectivity index (χ3v) is 2.82. The number of hydrogen-bond acceptors (Lipinski definition) is 4. The van der Waals surface area contributed by atoms with Gasteiger partial charge in [0.25, 0.3) is 0 Å². The van der Waals surface area contributed by atoms with Gasteiger partial charge in [-0.25, -0.2) is 9.78 Å². The average Bonchev–Trinajstić information content (AvgIpc) is 2.74. The molecule has 1 atom stereocenters. The molecule has 1 aromatic rings. The third kappa shape index (κ3) is 2.43. The van der Waals surface area contributed by atoms with Crippen LogP contribution >= 0.6 is 0 Å². The summed E-state index contributed by atoms with van der Waals surface area (Å²) in [4.78, 5) is 25.1. The number of hydrogen-bond donors (Lipinski definition) is 1. The molecule has 0 aliphatic heterocycles. The molecule has 7 heteroatoms. The standard InChI is InChI=1S/C10H15N3O4/c1-3-4-5-10(2,9(14)15)12-7-11-6-8(12)13(16)17/h6-7H,3-5H2,1-2H3,(H,14,15). The van der Waals surface area contributed by atoms with Crippen molar-refractivity contribution in [2.24, 2.45) is 0 Å². The summed E-state index contributed by atoms with van der Waals surface area (Å²) in [5.41, 5.74) is -1.32. The van der Waals surface area contributed by atoms with Crippen LogP contribution in [0.2, 0.25) is 0 Å². The molecule has 0 spiro atoms. The Kier molecular flexibility index (Phi) is 3.82. The molecule has 94 valence electrons. The van der Waals surface area contributed by atoms with Crippen molar-refractivity contribution in [2.75, 3.05) is 0 Å². The van der Waals surface area contributed by atoms with E-state index in [1.54, 1.807) is 0 Å². The molecule has 7 nitrogen and oxygen atoms in total. The first-order chi connectivity index (χ1) is 7.93. The first-order valence-corrected chi connectivity index (χ1v) is 5.34. The van der Waals surface area contributed by atoms with Crippen LogP contribution in [-0.4, -0.2) is 25.6 Å². The summed E-state index contributed by atoms with van der Waals surface area (Å²) in [5.74, 6) is -1.39. The van der Waals surface area contributed by atoms with Gasteiger partial charge >= 0.3 is 11.8 Å². The zero-order valence-corrected chi connectivity index (χ0v) is 9.79. The fourth-order valence-electron chi connectivity index (χ4n) is 1.65. The molecule has 0 radical (unpaired) electrons. The van der Waals surface area contributed by atoms with E-state index in [2.05, 4.69) is 4.98 Å². The Balaban J connectivity index is 3.18. The van der Waals surface area contributed by atoms with Crippen molar-refractivity contribution in [3.8, 4) is 0 Å². The molecule has 1 aromatic heterocycles. The lowest BCUT2D eigenvalue weighted by Gasteiger charge is -2.22. The second-order valence-electron chi connectivity index (χ2n) is 4.06. The molecule has 1 N–H and O–H groups in total. The Bertz CT molecular complexity index is 429. The van der Waals surface area contributed by atoms with Crippen LogP contribution in [0, 0.1) is 10.1 Å². The maximum atomic E-state index is 11.3. The van der Waals surface area contributed by atoms with Crippen molar-refractivity contribution in [3.05, 3.63) is 22.6 Å². The molecule has 0 aliphatic carbocycles. The fraction of sp³-hybridized carbons (Fsp3) is 0.600. The van der Waals surface area contributed by atoms with Gasteiger partial charge in [0.05, 0.1) is 0 Å². The highest BCUT2D eigenvalue weighted by Gasteiger charge is 2.42. The topological polar surface area (TPSA) is 98.3 Å². The molecule has 0 bridgehead atoms. The molecule has 0 amide bonds. The number of nitrogens with zero attached hydrogens (tertiary/aromatic N) is 3. The number of carbonyl (C=O) groups is 1. The molecule has 0 aliphatic rings. The number of carboxylic acids is 1. The second-order valence-corrected chi connectivity index (χ2v) is 4.06. The highest BCUT2D eigenvalue weighted by atomic mass is 16.6. The van der Waals surface area contributed by atoms with Gasteiger partial charge in [0, 0.05) is 6.42 Å². The van der Waals surface area contributed by atoms with E-state index >= 15 is 0 Å². The minimum atomic E-state index is -1.32. The summed E-state index contributed by atoms with van der Waals surface area (Å²) in [6.45, 7) is 3.41. The van der Waals surface area contributed by atoms with Crippen LogP contribution in [0.5, 0.6) is 0 Å². The number of aliphatic carboxylic acids is 1. The predicted molar refractivity (Wildman–Crippen MR) is 59.7 cm³/mol. The van der Waals surface area contributed by atoms with E-state index in [4.69, 9.17) is 0 Å². The third-order valence-electron chi connectivity index (χ3n) is 2.82. The Hall–Kier alpha value is -1.92. The van der Waals surface area contributed by atoms with E-state index in [-0.39, 0.29) is 5.82 Å². The summed E-state index contributed by atoms with van der Waals surface area (Å²) in [6.07, 6.45) is 4.09. The second kappa shape index (κ2) is 4.94. The number of nitro groups is 1. The Morgan fingerprint density at radius 3 is 2.82 bits per heavy atom. The van der Waals surface area contributed by atoms with Crippen LogP contribution in [0.3, 0.4) is 0 Å². The van der Waals surface area contributed by atoms with Gasteiger partial charge in [-0.05, 0) is 18.3 Å². The molecule has 0 aromatic carbocycles. The van der Waals surface area contributed by atoms with E-state index < -0.39 is 16.4 Å². The molecule has 0 saturated heterocycles.